The molecule has 0 aromatic heterocycles. The van der Waals surface area contributed by atoms with Crippen LogP contribution in [0.5, 0.6) is 5.75 Å². The maximum Gasteiger partial charge on any atom is 0.243 e. The van der Waals surface area contributed by atoms with Gasteiger partial charge in [0.2, 0.25) is 11.8 Å². The predicted molar refractivity (Wildman–Crippen MR) is 123 cm³/mol. The van der Waals surface area contributed by atoms with E-state index in [4.69, 9.17) is 4.74 Å². The van der Waals surface area contributed by atoms with Gasteiger partial charge in [-0.3, -0.25) is 14.5 Å². The summed E-state index contributed by atoms with van der Waals surface area (Å²) >= 11 is 0. The number of rotatable bonds is 9. The first-order chi connectivity index (χ1) is 15.0. The van der Waals surface area contributed by atoms with Crippen LogP contribution in [-0.2, 0) is 9.59 Å². The van der Waals surface area contributed by atoms with Gasteiger partial charge in [0, 0.05) is 12.1 Å². The van der Waals surface area contributed by atoms with Crippen LogP contribution in [0, 0.1) is 6.92 Å². The number of carbonyl (C=O) groups excluding carboxylic acids is 2. The molecule has 2 N–H and O–H groups in total. The molecular weight excluding hydrogens is 390 g/mol. The second-order valence-electron chi connectivity index (χ2n) is 8.23. The second kappa shape index (κ2) is 11.0. The Morgan fingerprint density at radius 3 is 2.48 bits per heavy atom. The fourth-order valence-corrected chi connectivity index (χ4v) is 4.26. The van der Waals surface area contributed by atoms with Crippen LogP contribution >= 0.6 is 0 Å². The Kier molecular flexibility index (Phi) is 8.06. The number of amides is 2. The Balaban J connectivity index is 1.58. The van der Waals surface area contributed by atoms with E-state index < -0.39 is 0 Å². The number of nitrogens with one attached hydrogen (secondary N) is 2. The number of carbonyl (C=O) groups is 2. The highest BCUT2D eigenvalue weighted by Gasteiger charge is 2.29. The monoisotopic (exact) mass is 423 g/mol. The van der Waals surface area contributed by atoms with Crippen LogP contribution in [0.1, 0.15) is 49.8 Å². The highest BCUT2D eigenvalue weighted by atomic mass is 16.5. The number of nitrogens with zero attached hydrogens (tertiary/aromatic N) is 1. The van der Waals surface area contributed by atoms with E-state index in [1.807, 2.05) is 43.3 Å². The first kappa shape index (κ1) is 22.8. The first-order valence-corrected chi connectivity index (χ1v) is 11.0. The summed E-state index contributed by atoms with van der Waals surface area (Å²) in [5.74, 6) is 0.177. The molecule has 0 saturated heterocycles. The van der Waals surface area contributed by atoms with Crippen molar-refractivity contribution in [2.45, 2.75) is 51.6 Å². The molecule has 0 radical (unpaired) electrons. The number of hydrogen-bond acceptors (Lipinski definition) is 4. The molecular formula is C25H33N3O3. The van der Waals surface area contributed by atoms with Crippen molar-refractivity contribution < 1.29 is 14.3 Å². The zero-order valence-corrected chi connectivity index (χ0v) is 18.7. The van der Waals surface area contributed by atoms with Gasteiger partial charge >= 0.3 is 0 Å². The van der Waals surface area contributed by atoms with Crippen molar-refractivity contribution in [3.63, 3.8) is 0 Å². The van der Waals surface area contributed by atoms with Gasteiger partial charge < -0.3 is 15.4 Å². The average Bonchev–Trinajstić information content (AvgIpc) is 3.31. The van der Waals surface area contributed by atoms with Crippen LogP contribution < -0.4 is 15.4 Å². The van der Waals surface area contributed by atoms with Gasteiger partial charge in [0.1, 0.15) is 5.75 Å². The van der Waals surface area contributed by atoms with Crippen LogP contribution in [0.2, 0.25) is 0 Å². The Hall–Kier alpha value is -2.86. The molecule has 2 aromatic carbocycles. The number of benzene rings is 2. The van der Waals surface area contributed by atoms with Crippen LogP contribution in [0.25, 0.3) is 0 Å². The minimum Gasteiger partial charge on any atom is -0.495 e. The van der Waals surface area contributed by atoms with Crippen molar-refractivity contribution in [2.75, 3.05) is 25.5 Å². The van der Waals surface area contributed by atoms with Gasteiger partial charge in [-0.05, 0) is 49.9 Å². The van der Waals surface area contributed by atoms with Crippen LogP contribution in [0.15, 0.2) is 48.5 Å². The highest BCUT2D eigenvalue weighted by Crippen LogP contribution is 2.30. The quantitative estimate of drug-likeness (QED) is 0.638. The smallest absolute Gasteiger partial charge is 0.243 e. The largest absolute Gasteiger partial charge is 0.495 e. The average molecular weight is 424 g/mol. The molecule has 0 unspecified atom stereocenters. The number of hydrogen-bond donors (Lipinski definition) is 2. The van der Waals surface area contributed by atoms with Gasteiger partial charge in [0.15, 0.2) is 0 Å². The lowest BCUT2D eigenvalue weighted by Crippen LogP contribution is -2.44. The zero-order chi connectivity index (χ0) is 22.2. The number of aryl methyl sites for hydroxylation is 1. The molecule has 1 fully saturated rings. The third-order valence-electron chi connectivity index (χ3n) is 5.97. The number of methoxy groups -OCH3 is 1. The van der Waals surface area contributed by atoms with Gasteiger partial charge in [0.25, 0.3) is 0 Å². The van der Waals surface area contributed by atoms with E-state index in [0.717, 1.165) is 18.4 Å². The summed E-state index contributed by atoms with van der Waals surface area (Å²) in [6.45, 7) is 4.30. The predicted octanol–water partition coefficient (Wildman–Crippen LogP) is 4.06. The summed E-state index contributed by atoms with van der Waals surface area (Å²) < 4.78 is 5.30. The topological polar surface area (TPSA) is 70.7 Å². The SMILES string of the molecule is COc1ccc(C)cc1NC(=O)CNC(=O)CN(C1CCCC1)[C@H](C)c1ccccc1. The van der Waals surface area contributed by atoms with Crippen LogP contribution in [0.3, 0.4) is 0 Å². The molecule has 1 saturated carbocycles. The first-order valence-electron chi connectivity index (χ1n) is 11.0. The molecule has 166 valence electrons. The van der Waals surface area contributed by atoms with Gasteiger partial charge in [-0.2, -0.15) is 0 Å². The van der Waals surface area contributed by atoms with Gasteiger partial charge in [-0.15, -0.1) is 0 Å². The maximum atomic E-state index is 12.7. The minimum atomic E-state index is -0.277. The van der Waals surface area contributed by atoms with Crippen molar-refractivity contribution in [3.05, 3.63) is 59.7 Å². The molecule has 6 heteroatoms. The summed E-state index contributed by atoms with van der Waals surface area (Å²) in [6.07, 6.45) is 4.62. The lowest BCUT2D eigenvalue weighted by atomic mass is 10.0. The third kappa shape index (κ3) is 6.31. The van der Waals surface area contributed by atoms with E-state index in [0.29, 0.717) is 17.5 Å². The molecule has 1 aliphatic rings. The van der Waals surface area contributed by atoms with Crippen molar-refractivity contribution in [1.82, 2.24) is 10.2 Å². The molecule has 0 spiro atoms. The van der Waals surface area contributed by atoms with E-state index >= 15 is 0 Å². The van der Waals surface area contributed by atoms with E-state index in [2.05, 4.69) is 34.6 Å². The van der Waals surface area contributed by atoms with E-state index in [1.165, 1.54) is 18.4 Å². The van der Waals surface area contributed by atoms with Crippen molar-refractivity contribution in [1.29, 1.82) is 0 Å². The van der Waals surface area contributed by atoms with Crippen molar-refractivity contribution in [3.8, 4) is 5.75 Å². The molecule has 2 aromatic rings. The lowest BCUT2D eigenvalue weighted by molar-refractivity contribution is -0.126. The molecule has 31 heavy (non-hydrogen) atoms. The molecule has 6 nitrogen and oxygen atoms in total. The highest BCUT2D eigenvalue weighted by molar-refractivity contribution is 5.96. The standard InChI is InChI=1S/C25H33N3O3/c1-18-13-14-23(31-3)22(15-18)27-24(29)16-26-25(30)17-28(21-11-7-8-12-21)19(2)20-9-5-4-6-10-20/h4-6,9-10,13-15,19,21H,7-8,11-12,16-17H2,1-3H3,(H,26,30)(H,27,29)/t19-/m1/s1. The number of ether oxygens (including phenoxy) is 1. The van der Waals surface area contributed by atoms with Crippen molar-refractivity contribution in [2.24, 2.45) is 0 Å². The second-order valence-corrected chi connectivity index (χ2v) is 8.23. The molecule has 1 atom stereocenters. The maximum absolute atomic E-state index is 12.7. The number of anilines is 1. The van der Waals surface area contributed by atoms with Gasteiger partial charge in [-0.25, -0.2) is 0 Å². The summed E-state index contributed by atoms with van der Waals surface area (Å²) in [5, 5.41) is 5.60. The zero-order valence-electron chi connectivity index (χ0n) is 18.7. The van der Waals surface area contributed by atoms with E-state index in [1.54, 1.807) is 7.11 Å². The molecule has 0 aliphatic heterocycles. The fourth-order valence-electron chi connectivity index (χ4n) is 4.26. The minimum absolute atomic E-state index is 0.0752. The molecule has 0 heterocycles. The van der Waals surface area contributed by atoms with Gasteiger partial charge in [0.05, 0.1) is 25.9 Å². The Morgan fingerprint density at radius 2 is 1.81 bits per heavy atom. The normalized spacial score (nSPS) is 15.0. The van der Waals surface area contributed by atoms with Crippen LogP contribution in [-0.4, -0.2) is 43.0 Å². The Labute approximate surface area is 185 Å². The van der Waals surface area contributed by atoms with E-state index in [9.17, 15) is 9.59 Å². The summed E-state index contributed by atoms with van der Waals surface area (Å²) in [7, 11) is 1.56. The fraction of sp³-hybridized carbons (Fsp3) is 0.440. The Bertz CT molecular complexity index is 879. The summed E-state index contributed by atoms with van der Waals surface area (Å²) in [6, 6.07) is 16.4. The van der Waals surface area contributed by atoms with E-state index in [-0.39, 0.29) is 30.9 Å². The molecule has 2 amide bonds. The van der Waals surface area contributed by atoms with Crippen LogP contribution in [0.4, 0.5) is 5.69 Å². The molecule has 1 aliphatic carbocycles. The van der Waals surface area contributed by atoms with Crippen molar-refractivity contribution >= 4 is 17.5 Å². The molecule has 3 rings (SSSR count). The summed E-state index contributed by atoms with van der Waals surface area (Å²) in [5.41, 5.74) is 2.82. The summed E-state index contributed by atoms with van der Waals surface area (Å²) in [4.78, 5) is 27.4. The third-order valence-corrected chi connectivity index (χ3v) is 5.97. The Morgan fingerprint density at radius 1 is 1.10 bits per heavy atom. The van der Waals surface area contributed by atoms with Gasteiger partial charge in [-0.1, -0.05) is 49.2 Å². The lowest BCUT2D eigenvalue weighted by Gasteiger charge is -2.34. The molecule has 0 bridgehead atoms.